The number of anilines is 1. The largest absolute Gasteiger partial charge is 0.324 e. The highest BCUT2D eigenvalue weighted by atomic mass is 35.5. The molecule has 0 aliphatic rings. The molecule has 21 heavy (non-hydrogen) atoms. The van der Waals surface area contributed by atoms with Gasteiger partial charge in [0.1, 0.15) is 11.9 Å². The van der Waals surface area contributed by atoms with Crippen LogP contribution in [0.5, 0.6) is 0 Å². The van der Waals surface area contributed by atoms with Gasteiger partial charge in [-0.05, 0) is 31.7 Å². The molecule has 1 atom stereocenters. The van der Waals surface area contributed by atoms with Gasteiger partial charge >= 0.3 is 0 Å². The normalized spacial score (nSPS) is 11.6. The average Bonchev–Trinajstić information content (AvgIpc) is 2.81. The first kappa shape index (κ1) is 17.1. The van der Waals surface area contributed by atoms with Gasteiger partial charge in [0.25, 0.3) is 0 Å². The van der Waals surface area contributed by atoms with Crippen LogP contribution in [0.1, 0.15) is 17.2 Å². The molecule has 1 aromatic carbocycles. The maximum atomic E-state index is 13.2. The lowest BCUT2D eigenvalue weighted by Gasteiger charge is -2.15. The molecule has 2 aromatic rings. The zero-order valence-electron chi connectivity index (χ0n) is 12.1. The van der Waals surface area contributed by atoms with E-state index in [-0.39, 0.29) is 24.1 Å². The Morgan fingerprint density at radius 3 is 2.71 bits per heavy atom. The van der Waals surface area contributed by atoms with Gasteiger partial charge in [-0.2, -0.15) is 5.10 Å². The molecule has 2 N–H and O–H groups in total. The van der Waals surface area contributed by atoms with Gasteiger partial charge in [0, 0.05) is 24.5 Å². The summed E-state index contributed by atoms with van der Waals surface area (Å²) in [7, 11) is 3.47. The van der Waals surface area contributed by atoms with Gasteiger partial charge in [-0.15, -0.1) is 12.4 Å². The highest BCUT2D eigenvalue weighted by molar-refractivity contribution is 5.96. The van der Waals surface area contributed by atoms with E-state index in [1.165, 1.54) is 12.1 Å². The lowest BCUT2D eigenvalue weighted by molar-refractivity contribution is -0.118. The summed E-state index contributed by atoms with van der Waals surface area (Å²) in [4.78, 5) is 12.3. The molecule has 114 valence electrons. The molecule has 1 heterocycles. The first-order valence-corrected chi connectivity index (χ1v) is 6.24. The van der Waals surface area contributed by atoms with Crippen LogP contribution in [0.2, 0.25) is 0 Å². The standard InChI is InChI=1S/C14H17FN4O.ClH/c1-9-4-5-11(15)6-12(9)18-14(20)13(16-2)10-7-17-19(3)8-10;/h4-8,13,16H,1-3H3,(H,18,20);1H. The van der Waals surface area contributed by atoms with Crippen molar-refractivity contribution in [2.75, 3.05) is 12.4 Å². The lowest BCUT2D eigenvalue weighted by Crippen LogP contribution is -2.30. The number of likely N-dealkylation sites (N-methyl/N-ethyl adjacent to an activating group) is 1. The van der Waals surface area contributed by atoms with Crippen molar-refractivity contribution >= 4 is 24.0 Å². The summed E-state index contributed by atoms with van der Waals surface area (Å²) in [6, 6.07) is 3.76. The Kier molecular flexibility index (Phi) is 5.87. The SMILES string of the molecule is CNC(C(=O)Nc1cc(F)ccc1C)c1cnn(C)c1.Cl. The molecular weight excluding hydrogens is 295 g/mol. The van der Waals surface area contributed by atoms with Gasteiger partial charge in [0.15, 0.2) is 0 Å². The Morgan fingerprint density at radius 2 is 2.14 bits per heavy atom. The molecule has 5 nitrogen and oxygen atoms in total. The van der Waals surface area contributed by atoms with Gasteiger partial charge in [-0.3, -0.25) is 9.48 Å². The molecule has 2 rings (SSSR count). The van der Waals surface area contributed by atoms with Gasteiger partial charge in [0.05, 0.1) is 6.20 Å². The summed E-state index contributed by atoms with van der Waals surface area (Å²) in [6.07, 6.45) is 3.39. The summed E-state index contributed by atoms with van der Waals surface area (Å²) in [6.45, 7) is 1.81. The topological polar surface area (TPSA) is 59.0 Å². The lowest BCUT2D eigenvalue weighted by atomic mass is 10.1. The minimum atomic E-state index is -0.536. The van der Waals surface area contributed by atoms with Crippen molar-refractivity contribution in [3.8, 4) is 0 Å². The number of benzene rings is 1. The van der Waals surface area contributed by atoms with E-state index < -0.39 is 6.04 Å². The van der Waals surface area contributed by atoms with Gasteiger partial charge in [-0.1, -0.05) is 6.07 Å². The first-order chi connectivity index (χ1) is 9.51. The highest BCUT2D eigenvalue weighted by Gasteiger charge is 2.20. The molecule has 0 spiro atoms. The molecule has 0 bridgehead atoms. The fraction of sp³-hybridized carbons (Fsp3) is 0.286. The second-order valence-corrected chi connectivity index (χ2v) is 4.62. The highest BCUT2D eigenvalue weighted by Crippen LogP contribution is 2.19. The van der Waals surface area contributed by atoms with E-state index in [9.17, 15) is 9.18 Å². The number of aromatic nitrogens is 2. The maximum absolute atomic E-state index is 13.2. The summed E-state index contributed by atoms with van der Waals surface area (Å²) in [5.41, 5.74) is 2.03. The van der Waals surface area contributed by atoms with Gasteiger partial charge in [-0.25, -0.2) is 4.39 Å². The number of rotatable bonds is 4. The molecule has 0 radical (unpaired) electrons. The van der Waals surface area contributed by atoms with Gasteiger partial charge in [0.2, 0.25) is 5.91 Å². The van der Waals surface area contributed by atoms with Crippen molar-refractivity contribution in [2.24, 2.45) is 7.05 Å². The van der Waals surface area contributed by atoms with Crippen molar-refractivity contribution in [2.45, 2.75) is 13.0 Å². The molecule has 1 amide bonds. The van der Waals surface area contributed by atoms with Crippen molar-refractivity contribution < 1.29 is 9.18 Å². The van der Waals surface area contributed by atoms with Crippen LogP contribution in [0.15, 0.2) is 30.6 Å². The number of nitrogens with one attached hydrogen (secondary N) is 2. The van der Waals surface area contributed by atoms with E-state index in [1.807, 2.05) is 6.92 Å². The number of hydrogen-bond donors (Lipinski definition) is 2. The second-order valence-electron chi connectivity index (χ2n) is 4.62. The van der Waals surface area contributed by atoms with Crippen LogP contribution >= 0.6 is 12.4 Å². The summed E-state index contributed by atoms with van der Waals surface area (Å²) in [5.74, 6) is -0.637. The van der Waals surface area contributed by atoms with Crippen LogP contribution in [0, 0.1) is 12.7 Å². The Balaban J connectivity index is 0.00000220. The Bertz CT molecular complexity index is 629. The summed E-state index contributed by atoms with van der Waals surface area (Å²) < 4.78 is 14.9. The fourth-order valence-corrected chi connectivity index (χ4v) is 1.97. The van der Waals surface area contributed by atoms with Crippen LogP contribution in [-0.2, 0) is 11.8 Å². The Morgan fingerprint density at radius 1 is 1.43 bits per heavy atom. The molecule has 0 fully saturated rings. The van der Waals surface area contributed by atoms with E-state index in [1.54, 1.807) is 37.2 Å². The summed E-state index contributed by atoms with van der Waals surface area (Å²) in [5, 5.41) is 9.70. The van der Waals surface area contributed by atoms with Crippen molar-refractivity contribution in [3.63, 3.8) is 0 Å². The van der Waals surface area contributed by atoms with Crippen LogP contribution in [-0.4, -0.2) is 22.7 Å². The summed E-state index contributed by atoms with van der Waals surface area (Å²) >= 11 is 0. The molecule has 0 saturated carbocycles. The van der Waals surface area contributed by atoms with Crippen molar-refractivity contribution in [3.05, 3.63) is 47.5 Å². The van der Waals surface area contributed by atoms with Crippen molar-refractivity contribution in [1.29, 1.82) is 0 Å². The minimum Gasteiger partial charge on any atom is -0.324 e. The van der Waals surface area contributed by atoms with Crippen LogP contribution in [0.4, 0.5) is 10.1 Å². The number of carbonyl (C=O) groups is 1. The Labute approximate surface area is 129 Å². The zero-order chi connectivity index (χ0) is 14.7. The number of aryl methyl sites for hydroxylation is 2. The van der Waals surface area contributed by atoms with Crippen molar-refractivity contribution in [1.82, 2.24) is 15.1 Å². The number of amides is 1. The monoisotopic (exact) mass is 312 g/mol. The number of halogens is 2. The second kappa shape index (κ2) is 7.19. The molecule has 1 unspecified atom stereocenters. The molecule has 0 aliphatic heterocycles. The number of hydrogen-bond acceptors (Lipinski definition) is 3. The first-order valence-electron chi connectivity index (χ1n) is 6.24. The van der Waals surface area contributed by atoms with Crippen LogP contribution in [0.25, 0.3) is 0 Å². The molecule has 7 heteroatoms. The van der Waals surface area contributed by atoms with E-state index >= 15 is 0 Å². The predicted molar refractivity (Wildman–Crippen MR) is 82.0 cm³/mol. The molecule has 1 aromatic heterocycles. The molecule has 0 saturated heterocycles. The maximum Gasteiger partial charge on any atom is 0.246 e. The van der Waals surface area contributed by atoms with E-state index in [0.717, 1.165) is 11.1 Å². The minimum absolute atomic E-state index is 0. The molecular formula is C14H18ClFN4O. The van der Waals surface area contributed by atoms with E-state index in [4.69, 9.17) is 0 Å². The van der Waals surface area contributed by atoms with Gasteiger partial charge < -0.3 is 10.6 Å². The number of carbonyl (C=O) groups excluding carboxylic acids is 1. The predicted octanol–water partition coefficient (Wildman–Crippen LogP) is 2.19. The zero-order valence-corrected chi connectivity index (χ0v) is 12.9. The van der Waals surface area contributed by atoms with E-state index in [2.05, 4.69) is 15.7 Å². The third kappa shape index (κ3) is 4.03. The van der Waals surface area contributed by atoms with Crippen LogP contribution < -0.4 is 10.6 Å². The third-order valence-corrected chi connectivity index (χ3v) is 3.07. The molecule has 0 aliphatic carbocycles. The number of nitrogens with zero attached hydrogens (tertiary/aromatic N) is 2. The van der Waals surface area contributed by atoms with Crippen LogP contribution in [0.3, 0.4) is 0 Å². The van der Waals surface area contributed by atoms with E-state index in [0.29, 0.717) is 5.69 Å². The quantitative estimate of drug-likeness (QED) is 0.910. The Hall–Kier alpha value is -1.92. The fourth-order valence-electron chi connectivity index (χ4n) is 1.97. The average molecular weight is 313 g/mol. The smallest absolute Gasteiger partial charge is 0.246 e. The third-order valence-electron chi connectivity index (χ3n) is 3.07.